The third-order valence-corrected chi connectivity index (χ3v) is 5.50. The van der Waals surface area contributed by atoms with E-state index < -0.39 is 0 Å². The Morgan fingerprint density at radius 2 is 1.74 bits per heavy atom. The molecule has 0 aliphatic rings. The Morgan fingerprint density at radius 1 is 0.971 bits per heavy atom. The average molecular weight is 473 g/mol. The first kappa shape index (κ1) is 23.8. The van der Waals surface area contributed by atoms with Gasteiger partial charge in [-0.2, -0.15) is 0 Å². The van der Waals surface area contributed by atoms with Gasteiger partial charge in [-0.3, -0.25) is 9.59 Å². The van der Waals surface area contributed by atoms with Crippen molar-refractivity contribution in [3.05, 3.63) is 84.2 Å². The van der Waals surface area contributed by atoms with E-state index in [0.717, 1.165) is 16.9 Å². The lowest BCUT2D eigenvalue weighted by molar-refractivity contribution is -0.118. The number of H-pyrrole nitrogens is 1. The Bertz CT molecular complexity index is 1280. The first-order valence-corrected chi connectivity index (χ1v) is 11.3. The van der Waals surface area contributed by atoms with Crippen LogP contribution in [0.15, 0.2) is 72.8 Å². The molecule has 0 fully saturated rings. The van der Waals surface area contributed by atoms with E-state index in [1.807, 2.05) is 38.1 Å². The maximum atomic E-state index is 12.9. The van der Waals surface area contributed by atoms with Crippen molar-refractivity contribution < 1.29 is 19.1 Å². The molecule has 2 amide bonds. The summed E-state index contributed by atoms with van der Waals surface area (Å²) in [7, 11) is 1.57. The molecule has 1 heterocycles. The molecule has 0 aliphatic heterocycles. The highest BCUT2D eigenvalue weighted by Gasteiger charge is 2.22. The predicted molar refractivity (Wildman–Crippen MR) is 135 cm³/mol. The Hall–Kier alpha value is -4.33. The molecular formula is C27H28N4O4. The summed E-state index contributed by atoms with van der Waals surface area (Å²) in [5.74, 6) is 1.47. The van der Waals surface area contributed by atoms with Crippen LogP contribution in [-0.2, 0) is 4.79 Å². The van der Waals surface area contributed by atoms with Crippen molar-refractivity contribution in [2.45, 2.75) is 19.9 Å². The highest BCUT2D eigenvalue weighted by atomic mass is 16.5. The van der Waals surface area contributed by atoms with Gasteiger partial charge in [0.2, 0.25) is 0 Å². The van der Waals surface area contributed by atoms with Crippen molar-refractivity contribution in [2.24, 2.45) is 5.92 Å². The Balaban J connectivity index is 1.34. The second kappa shape index (κ2) is 10.7. The van der Waals surface area contributed by atoms with E-state index in [4.69, 9.17) is 9.47 Å². The van der Waals surface area contributed by atoms with Crippen LogP contribution in [0, 0.1) is 5.92 Å². The number of ether oxygens (including phenoxy) is 2. The molecular weight excluding hydrogens is 444 g/mol. The summed E-state index contributed by atoms with van der Waals surface area (Å²) >= 11 is 0. The van der Waals surface area contributed by atoms with E-state index in [9.17, 15) is 9.59 Å². The Labute approximate surface area is 203 Å². The molecule has 0 saturated carbocycles. The molecule has 1 unspecified atom stereocenters. The number of carbonyl (C=O) groups is 2. The summed E-state index contributed by atoms with van der Waals surface area (Å²) in [4.78, 5) is 33.1. The van der Waals surface area contributed by atoms with Crippen LogP contribution >= 0.6 is 0 Å². The number of hydrogen-bond donors (Lipinski definition) is 3. The number of amides is 2. The van der Waals surface area contributed by atoms with Gasteiger partial charge in [0.15, 0.2) is 6.61 Å². The average Bonchev–Trinajstić information content (AvgIpc) is 3.30. The van der Waals surface area contributed by atoms with Crippen LogP contribution in [0.25, 0.3) is 11.0 Å². The number of fused-ring (bicyclic) bond motifs is 1. The Kier molecular flexibility index (Phi) is 7.30. The zero-order valence-electron chi connectivity index (χ0n) is 19.9. The summed E-state index contributed by atoms with van der Waals surface area (Å²) in [6.07, 6.45) is 0. The molecule has 3 N–H and O–H groups in total. The molecule has 4 aromatic rings. The number of imidazole rings is 1. The van der Waals surface area contributed by atoms with E-state index in [2.05, 4.69) is 20.6 Å². The van der Waals surface area contributed by atoms with Crippen molar-refractivity contribution in [3.8, 4) is 11.5 Å². The minimum absolute atomic E-state index is 0.130. The number of para-hydroxylation sites is 2. The summed E-state index contributed by atoms with van der Waals surface area (Å²) in [6, 6.07) is 21.2. The minimum atomic E-state index is -0.300. The minimum Gasteiger partial charge on any atom is -0.497 e. The quantitative estimate of drug-likeness (QED) is 0.327. The number of nitrogens with one attached hydrogen (secondary N) is 3. The van der Waals surface area contributed by atoms with Crippen LogP contribution < -0.4 is 20.1 Å². The van der Waals surface area contributed by atoms with Gasteiger partial charge in [-0.25, -0.2) is 4.98 Å². The maximum Gasteiger partial charge on any atom is 0.262 e. The molecule has 0 spiro atoms. The summed E-state index contributed by atoms with van der Waals surface area (Å²) in [5.41, 5.74) is 2.90. The standard InChI is InChI=1S/C27H28N4O4/c1-17(2)25(26-29-22-9-4-5-10-23(22)30-26)31-27(33)18-11-13-20(14-12-18)35-16-24(32)28-19-7-6-8-21(15-19)34-3/h4-15,17,25H,16H2,1-3H3,(H,28,32)(H,29,30)(H,31,33). The van der Waals surface area contributed by atoms with Gasteiger partial charge >= 0.3 is 0 Å². The van der Waals surface area contributed by atoms with Crippen LogP contribution in [-0.4, -0.2) is 35.5 Å². The fraction of sp³-hybridized carbons (Fsp3) is 0.222. The van der Waals surface area contributed by atoms with Gasteiger partial charge in [-0.1, -0.05) is 32.0 Å². The summed E-state index contributed by atoms with van der Waals surface area (Å²) in [5, 5.41) is 5.83. The van der Waals surface area contributed by atoms with Gasteiger partial charge in [0, 0.05) is 17.3 Å². The molecule has 8 heteroatoms. The number of carbonyl (C=O) groups excluding carboxylic acids is 2. The first-order chi connectivity index (χ1) is 16.9. The van der Waals surface area contributed by atoms with E-state index in [1.165, 1.54) is 0 Å². The summed E-state index contributed by atoms with van der Waals surface area (Å²) < 4.78 is 10.7. The SMILES string of the molecule is COc1cccc(NC(=O)COc2ccc(C(=O)NC(c3nc4ccccc4[nH]3)C(C)C)cc2)c1. The molecule has 3 aromatic carbocycles. The number of nitrogens with zero attached hydrogens (tertiary/aromatic N) is 1. The number of anilines is 1. The molecule has 1 atom stereocenters. The molecule has 8 nitrogen and oxygen atoms in total. The molecule has 0 saturated heterocycles. The van der Waals surface area contributed by atoms with Crippen LogP contribution in [0.3, 0.4) is 0 Å². The van der Waals surface area contributed by atoms with Crippen molar-refractivity contribution in [1.82, 2.24) is 15.3 Å². The fourth-order valence-corrected chi connectivity index (χ4v) is 3.64. The molecule has 35 heavy (non-hydrogen) atoms. The zero-order valence-corrected chi connectivity index (χ0v) is 19.9. The van der Waals surface area contributed by atoms with Crippen molar-refractivity contribution in [3.63, 3.8) is 0 Å². The highest BCUT2D eigenvalue weighted by Crippen LogP contribution is 2.23. The van der Waals surface area contributed by atoms with E-state index in [-0.39, 0.29) is 30.4 Å². The lowest BCUT2D eigenvalue weighted by Crippen LogP contribution is -2.32. The first-order valence-electron chi connectivity index (χ1n) is 11.3. The van der Waals surface area contributed by atoms with Gasteiger partial charge in [0.25, 0.3) is 11.8 Å². The van der Waals surface area contributed by atoms with Crippen molar-refractivity contribution in [2.75, 3.05) is 19.0 Å². The number of aromatic amines is 1. The second-order valence-corrected chi connectivity index (χ2v) is 8.43. The van der Waals surface area contributed by atoms with Crippen LogP contribution in [0.5, 0.6) is 11.5 Å². The van der Waals surface area contributed by atoms with Gasteiger partial charge in [0.1, 0.15) is 17.3 Å². The summed E-state index contributed by atoms with van der Waals surface area (Å²) in [6.45, 7) is 3.90. The number of aromatic nitrogens is 2. The van der Waals surface area contributed by atoms with E-state index in [1.54, 1.807) is 55.6 Å². The largest absolute Gasteiger partial charge is 0.497 e. The monoisotopic (exact) mass is 472 g/mol. The molecule has 4 rings (SSSR count). The van der Waals surface area contributed by atoms with Gasteiger partial charge in [-0.05, 0) is 54.4 Å². The van der Waals surface area contributed by atoms with Crippen LogP contribution in [0.1, 0.15) is 36.1 Å². The lowest BCUT2D eigenvalue weighted by Gasteiger charge is -2.20. The Morgan fingerprint density at radius 3 is 2.46 bits per heavy atom. The van der Waals surface area contributed by atoms with Gasteiger partial charge in [0.05, 0.1) is 24.2 Å². The van der Waals surface area contributed by atoms with Crippen LogP contribution in [0.2, 0.25) is 0 Å². The smallest absolute Gasteiger partial charge is 0.262 e. The van der Waals surface area contributed by atoms with Crippen LogP contribution in [0.4, 0.5) is 5.69 Å². The zero-order chi connectivity index (χ0) is 24.8. The van der Waals surface area contributed by atoms with Crippen molar-refractivity contribution in [1.29, 1.82) is 0 Å². The normalized spacial score (nSPS) is 11.8. The van der Waals surface area contributed by atoms with Gasteiger partial charge in [-0.15, -0.1) is 0 Å². The molecule has 180 valence electrons. The van der Waals surface area contributed by atoms with E-state index in [0.29, 0.717) is 22.7 Å². The topological polar surface area (TPSA) is 105 Å². The lowest BCUT2D eigenvalue weighted by atomic mass is 10.0. The van der Waals surface area contributed by atoms with E-state index >= 15 is 0 Å². The number of benzene rings is 3. The highest BCUT2D eigenvalue weighted by molar-refractivity contribution is 5.94. The third kappa shape index (κ3) is 5.97. The second-order valence-electron chi connectivity index (χ2n) is 8.43. The number of hydrogen-bond acceptors (Lipinski definition) is 5. The fourth-order valence-electron chi connectivity index (χ4n) is 3.64. The molecule has 0 radical (unpaired) electrons. The molecule has 0 bridgehead atoms. The van der Waals surface area contributed by atoms with Crippen molar-refractivity contribution >= 4 is 28.5 Å². The molecule has 0 aliphatic carbocycles. The third-order valence-electron chi connectivity index (χ3n) is 5.50. The number of rotatable bonds is 9. The van der Waals surface area contributed by atoms with Gasteiger partial charge < -0.3 is 25.1 Å². The maximum absolute atomic E-state index is 12.9. The predicted octanol–water partition coefficient (Wildman–Crippen LogP) is 4.72. The number of methoxy groups -OCH3 is 1. The molecule has 1 aromatic heterocycles.